The third-order valence-corrected chi connectivity index (χ3v) is 8.35. The Balaban J connectivity index is 1.69. The van der Waals surface area contributed by atoms with Crippen LogP contribution in [0.5, 0.6) is 5.75 Å². The second-order valence-electron chi connectivity index (χ2n) is 11.7. The third-order valence-electron chi connectivity index (χ3n) is 8.35. The molecule has 0 aromatic heterocycles. The van der Waals surface area contributed by atoms with Crippen molar-refractivity contribution in [1.82, 2.24) is 25.8 Å². The van der Waals surface area contributed by atoms with Crippen molar-refractivity contribution in [3.63, 3.8) is 0 Å². The minimum atomic E-state index is -1.03. The van der Waals surface area contributed by atoms with Gasteiger partial charge in [0.1, 0.15) is 30.5 Å². The van der Waals surface area contributed by atoms with E-state index >= 15 is 0 Å². The Morgan fingerprint density at radius 1 is 1.07 bits per heavy atom. The highest BCUT2D eigenvalue weighted by atomic mass is 16.5. The molecule has 12 heteroatoms. The zero-order valence-corrected chi connectivity index (χ0v) is 26.3. The molecule has 46 heavy (non-hydrogen) atoms. The summed E-state index contributed by atoms with van der Waals surface area (Å²) < 4.78 is 5.68. The van der Waals surface area contributed by atoms with Gasteiger partial charge in [-0.25, -0.2) is 0 Å². The molecule has 2 aliphatic heterocycles. The van der Waals surface area contributed by atoms with Crippen molar-refractivity contribution >= 4 is 29.5 Å². The van der Waals surface area contributed by atoms with Crippen LogP contribution in [0.25, 0.3) is 0 Å². The van der Waals surface area contributed by atoms with Gasteiger partial charge in [-0.1, -0.05) is 75.4 Å². The van der Waals surface area contributed by atoms with E-state index in [4.69, 9.17) is 4.74 Å². The highest BCUT2D eigenvalue weighted by Gasteiger charge is 2.43. The highest BCUT2D eigenvalue weighted by molar-refractivity contribution is 6.00. The molecule has 0 bridgehead atoms. The number of hydrogen-bond acceptors (Lipinski definition) is 7. The molecule has 5 amide bonds. The van der Waals surface area contributed by atoms with Crippen molar-refractivity contribution in [2.45, 2.75) is 57.3 Å². The molecule has 0 unspecified atom stereocenters. The lowest BCUT2D eigenvalue weighted by atomic mass is 9.97. The largest absolute Gasteiger partial charge is 0.489 e. The van der Waals surface area contributed by atoms with Crippen LogP contribution in [0.1, 0.15) is 42.6 Å². The molecule has 2 aromatic carbocycles. The number of amides is 5. The average Bonchev–Trinajstić information content (AvgIpc) is 3.46. The number of carbonyl (C=O) groups excluding carboxylic acids is 5. The van der Waals surface area contributed by atoms with Crippen LogP contribution in [0, 0.1) is 5.92 Å². The van der Waals surface area contributed by atoms with E-state index < -0.39 is 60.3 Å². The molecule has 4 rings (SSSR count). The summed E-state index contributed by atoms with van der Waals surface area (Å²) in [4.78, 5) is 71.0. The van der Waals surface area contributed by atoms with Crippen molar-refractivity contribution in [2.24, 2.45) is 5.92 Å². The first-order chi connectivity index (χ1) is 22.1. The fourth-order valence-corrected chi connectivity index (χ4v) is 5.66. The van der Waals surface area contributed by atoms with Crippen LogP contribution in [0.15, 0.2) is 67.3 Å². The van der Waals surface area contributed by atoms with Crippen molar-refractivity contribution in [1.29, 1.82) is 0 Å². The van der Waals surface area contributed by atoms with Gasteiger partial charge in [0.15, 0.2) is 0 Å². The van der Waals surface area contributed by atoms with E-state index in [0.717, 1.165) is 5.56 Å². The SMILES string of the molecule is C=CCOc1ccccc1C(=O)N1CCNC(=O)[C@H](Cc2ccccc2)NC(=O)[C@@H]2C[C@@H](O)CN2C(=O)[C@H]([C@@H](C)CC)NC(=O)C1. The molecule has 0 aliphatic carbocycles. The van der Waals surface area contributed by atoms with Gasteiger partial charge in [-0.3, -0.25) is 24.0 Å². The molecule has 0 radical (unpaired) electrons. The molecule has 0 spiro atoms. The molecule has 2 aromatic rings. The number of rotatable bonds is 8. The lowest BCUT2D eigenvalue weighted by molar-refractivity contribution is -0.143. The molecule has 2 saturated heterocycles. The fraction of sp³-hybridized carbons (Fsp3) is 0.441. The molecule has 246 valence electrons. The van der Waals surface area contributed by atoms with Gasteiger partial charge in [-0.2, -0.15) is 0 Å². The monoisotopic (exact) mass is 633 g/mol. The van der Waals surface area contributed by atoms with Crippen molar-refractivity contribution in [3.05, 3.63) is 78.4 Å². The van der Waals surface area contributed by atoms with Crippen LogP contribution in [0.3, 0.4) is 0 Å². The Kier molecular flexibility index (Phi) is 11.9. The van der Waals surface area contributed by atoms with Gasteiger partial charge >= 0.3 is 0 Å². The van der Waals surface area contributed by atoms with E-state index in [1.165, 1.54) is 9.80 Å². The van der Waals surface area contributed by atoms with E-state index in [-0.39, 0.29) is 50.6 Å². The molecule has 2 heterocycles. The second-order valence-corrected chi connectivity index (χ2v) is 11.7. The quantitative estimate of drug-likeness (QED) is 0.317. The summed E-state index contributed by atoms with van der Waals surface area (Å²) in [5.74, 6) is -2.67. The van der Waals surface area contributed by atoms with Crippen LogP contribution in [0.2, 0.25) is 0 Å². The van der Waals surface area contributed by atoms with Crippen molar-refractivity contribution in [3.8, 4) is 5.75 Å². The summed E-state index contributed by atoms with van der Waals surface area (Å²) in [5, 5.41) is 18.9. The number of hydrogen-bond donors (Lipinski definition) is 4. The second kappa shape index (κ2) is 16.0. The lowest BCUT2D eigenvalue weighted by Gasteiger charge is -2.32. The number of para-hydroxylation sites is 1. The summed E-state index contributed by atoms with van der Waals surface area (Å²) in [6, 6.07) is 12.8. The first kappa shape index (κ1) is 34.2. The first-order valence-corrected chi connectivity index (χ1v) is 15.6. The molecule has 0 saturated carbocycles. The van der Waals surface area contributed by atoms with Gasteiger partial charge in [0.05, 0.1) is 18.2 Å². The van der Waals surface area contributed by atoms with Crippen molar-refractivity contribution < 1.29 is 33.8 Å². The van der Waals surface area contributed by atoms with E-state index in [0.29, 0.717) is 12.2 Å². The van der Waals surface area contributed by atoms with Gasteiger partial charge in [0.2, 0.25) is 23.6 Å². The molecular weight excluding hydrogens is 590 g/mol. The fourth-order valence-electron chi connectivity index (χ4n) is 5.66. The maximum Gasteiger partial charge on any atom is 0.258 e. The minimum Gasteiger partial charge on any atom is -0.489 e. The number of carbonyl (C=O) groups is 5. The maximum absolute atomic E-state index is 14.0. The normalized spacial score (nSPS) is 23.6. The van der Waals surface area contributed by atoms with Crippen LogP contribution in [-0.2, 0) is 25.6 Å². The van der Waals surface area contributed by atoms with Gasteiger partial charge < -0.3 is 35.6 Å². The zero-order valence-electron chi connectivity index (χ0n) is 26.3. The Labute approximate surface area is 269 Å². The van der Waals surface area contributed by atoms with Crippen molar-refractivity contribution in [2.75, 3.05) is 32.8 Å². The number of benzene rings is 2. The zero-order chi connectivity index (χ0) is 33.2. The molecule has 12 nitrogen and oxygen atoms in total. The van der Waals surface area contributed by atoms with Gasteiger partial charge in [-0.15, -0.1) is 0 Å². The average molecular weight is 634 g/mol. The van der Waals surface area contributed by atoms with Crippen LogP contribution in [0.4, 0.5) is 0 Å². The Morgan fingerprint density at radius 2 is 1.78 bits per heavy atom. The highest BCUT2D eigenvalue weighted by Crippen LogP contribution is 2.23. The number of aliphatic hydroxyl groups is 1. The van der Waals surface area contributed by atoms with E-state index in [1.54, 1.807) is 30.3 Å². The Hall–Kier alpha value is -4.71. The topological polar surface area (TPSA) is 157 Å². The molecule has 4 N–H and O–H groups in total. The first-order valence-electron chi connectivity index (χ1n) is 15.6. The molecular formula is C34H43N5O7. The van der Waals surface area contributed by atoms with E-state index in [9.17, 15) is 29.1 Å². The third kappa shape index (κ3) is 8.51. The Bertz CT molecular complexity index is 1420. The molecule has 5 atom stereocenters. The van der Waals surface area contributed by atoms with E-state index in [2.05, 4.69) is 22.5 Å². The minimum absolute atomic E-state index is 0.00592. The number of fused-ring (bicyclic) bond motifs is 1. The summed E-state index contributed by atoms with van der Waals surface area (Å²) in [6.07, 6.45) is 1.31. The smallest absolute Gasteiger partial charge is 0.258 e. The Morgan fingerprint density at radius 3 is 2.50 bits per heavy atom. The summed E-state index contributed by atoms with van der Waals surface area (Å²) >= 11 is 0. The summed E-state index contributed by atoms with van der Waals surface area (Å²) in [5.41, 5.74) is 1.03. The number of nitrogens with zero attached hydrogens (tertiary/aromatic N) is 2. The van der Waals surface area contributed by atoms with Crippen LogP contribution >= 0.6 is 0 Å². The predicted molar refractivity (Wildman–Crippen MR) is 171 cm³/mol. The van der Waals surface area contributed by atoms with Gasteiger partial charge in [0, 0.05) is 32.5 Å². The summed E-state index contributed by atoms with van der Waals surface area (Å²) in [7, 11) is 0. The lowest BCUT2D eigenvalue weighted by Crippen LogP contribution is -2.58. The van der Waals surface area contributed by atoms with Crippen LogP contribution < -0.4 is 20.7 Å². The number of ether oxygens (including phenoxy) is 1. The standard InChI is InChI=1S/C34H43N5O7/c1-4-17-46-28-14-10-9-13-25(28)33(44)38-16-15-35-31(42)26(18-23-11-7-6-8-12-23)36-32(43)27-19-24(40)20-39(27)34(45)30(22(3)5-2)37-29(41)21-38/h4,6-14,22,24,26-27,30,40H,1,5,15-21H2,2-3H3,(H,35,42)(H,36,43)(H,37,41)/t22-,24+,26-,27-,30-/m0/s1. The summed E-state index contributed by atoms with van der Waals surface area (Å²) in [6.45, 7) is 6.95. The van der Waals surface area contributed by atoms with E-state index in [1.807, 2.05) is 44.2 Å². The maximum atomic E-state index is 14.0. The van der Waals surface area contributed by atoms with Crippen LogP contribution in [-0.4, -0.2) is 101 Å². The van der Waals surface area contributed by atoms with Gasteiger partial charge in [-0.05, 0) is 23.6 Å². The number of nitrogens with one attached hydrogen (secondary N) is 3. The predicted octanol–water partition coefficient (Wildman–Crippen LogP) is 1.04. The van der Waals surface area contributed by atoms with Gasteiger partial charge in [0.25, 0.3) is 5.91 Å². The molecule has 2 fully saturated rings. The number of aliphatic hydroxyl groups excluding tert-OH is 1. The molecule has 2 aliphatic rings.